The molecular formula is C6H4Br2N2O2. The molecule has 0 bridgehead atoms. The Morgan fingerprint density at radius 2 is 2.33 bits per heavy atom. The molecule has 0 aromatic carbocycles. The number of halogens is 2. The van der Waals surface area contributed by atoms with E-state index in [4.69, 9.17) is 0 Å². The minimum atomic E-state index is -0.447. The van der Waals surface area contributed by atoms with Gasteiger partial charge in [0.25, 0.3) is 5.69 Å². The molecule has 0 aliphatic carbocycles. The Labute approximate surface area is 85.4 Å². The van der Waals surface area contributed by atoms with Crippen LogP contribution in [-0.2, 0) is 5.33 Å². The smallest absolute Gasteiger partial charge is 0.259 e. The zero-order valence-corrected chi connectivity index (χ0v) is 9.00. The SMILES string of the molecule is O=[N+]([O-])c1ccnc(CBr)c1Br. The third-order valence-electron chi connectivity index (χ3n) is 1.26. The highest BCUT2D eigenvalue weighted by molar-refractivity contribution is 9.11. The molecule has 0 N–H and O–H groups in total. The summed E-state index contributed by atoms with van der Waals surface area (Å²) in [7, 11) is 0. The van der Waals surface area contributed by atoms with E-state index in [2.05, 4.69) is 36.8 Å². The molecule has 0 spiro atoms. The molecule has 0 aliphatic heterocycles. The summed E-state index contributed by atoms with van der Waals surface area (Å²) in [5.74, 6) is 0. The average Bonchev–Trinajstić information content (AvgIpc) is 2.04. The van der Waals surface area contributed by atoms with Crippen LogP contribution in [-0.4, -0.2) is 9.91 Å². The van der Waals surface area contributed by atoms with Crippen molar-refractivity contribution in [3.8, 4) is 0 Å². The van der Waals surface area contributed by atoms with Crippen molar-refractivity contribution in [2.45, 2.75) is 5.33 Å². The highest BCUT2D eigenvalue weighted by Gasteiger charge is 2.14. The number of aromatic nitrogens is 1. The maximum Gasteiger partial charge on any atom is 0.286 e. The second kappa shape index (κ2) is 3.95. The highest BCUT2D eigenvalue weighted by Crippen LogP contribution is 2.27. The molecule has 12 heavy (non-hydrogen) atoms. The van der Waals surface area contributed by atoms with Crippen LogP contribution in [0.15, 0.2) is 16.7 Å². The molecule has 0 aliphatic rings. The Hall–Kier alpha value is -0.490. The van der Waals surface area contributed by atoms with Crippen molar-refractivity contribution in [2.75, 3.05) is 0 Å². The molecule has 6 heteroatoms. The molecule has 1 aromatic rings. The Kier molecular flexibility index (Phi) is 3.16. The molecule has 1 rings (SSSR count). The monoisotopic (exact) mass is 294 g/mol. The summed E-state index contributed by atoms with van der Waals surface area (Å²) in [6.45, 7) is 0. The second-order valence-electron chi connectivity index (χ2n) is 1.98. The zero-order valence-electron chi connectivity index (χ0n) is 5.83. The lowest BCUT2D eigenvalue weighted by Crippen LogP contribution is -1.94. The standard InChI is InChI=1S/C6H4Br2N2O2/c7-3-4-6(8)5(10(11)12)1-2-9-4/h1-2H,3H2. The predicted octanol–water partition coefficient (Wildman–Crippen LogP) is 2.65. The maximum atomic E-state index is 10.4. The fraction of sp³-hybridized carbons (Fsp3) is 0.167. The van der Waals surface area contributed by atoms with Crippen molar-refractivity contribution in [3.63, 3.8) is 0 Å². The summed E-state index contributed by atoms with van der Waals surface area (Å²) in [6.07, 6.45) is 1.42. The van der Waals surface area contributed by atoms with E-state index >= 15 is 0 Å². The van der Waals surface area contributed by atoms with Gasteiger partial charge in [0.15, 0.2) is 0 Å². The first-order chi connectivity index (χ1) is 5.66. The third kappa shape index (κ3) is 1.81. The Balaban J connectivity index is 3.23. The summed E-state index contributed by atoms with van der Waals surface area (Å²) in [6, 6.07) is 1.36. The summed E-state index contributed by atoms with van der Waals surface area (Å²) < 4.78 is 0.437. The second-order valence-corrected chi connectivity index (χ2v) is 3.34. The van der Waals surface area contributed by atoms with Crippen molar-refractivity contribution in [1.82, 2.24) is 4.98 Å². The summed E-state index contributed by atoms with van der Waals surface area (Å²) in [5, 5.41) is 10.9. The molecule has 0 amide bonds. The first-order valence-electron chi connectivity index (χ1n) is 3.00. The van der Waals surface area contributed by atoms with Crippen molar-refractivity contribution in [3.05, 3.63) is 32.5 Å². The van der Waals surface area contributed by atoms with Crippen LogP contribution >= 0.6 is 31.9 Å². The van der Waals surface area contributed by atoms with Crippen LogP contribution in [0.25, 0.3) is 0 Å². The quantitative estimate of drug-likeness (QED) is 0.479. The van der Waals surface area contributed by atoms with Crippen molar-refractivity contribution < 1.29 is 4.92 Å². The Bertz CT molecular complexity index is 316. The average molecular weight is 296 g/mol. The van der Waals surface area contributed by atoms with Crippen molar-refractivity contribution in [1.29, 1.82) is 0 Å². The molecule has 0 atom stereocenters. The van der Waals surface area contributed by atoms with E-state index in [1.54, 1.807) is 0 Å². The number of nitro groups is 1. The van der Waals surface area contributed by atoms with Gasteiger partial charge in [0, 0.05) is 17.6 Å². The summed E-state index contributed by atoms with van der Waals surface area (Å²) in [4.78, 5) is 13.9. The Morgan fingerprint density at radius 1 is 1.67 bits per heavy atom. The lowest BCUT2D eigenvalue weighted by Gasteiger charge is -1.98. The van der Waals surface area contributed by atoms with E-state index in [0.29, 0.717) is 15.5 Å². The van der Waals surface area contributed by atoms with E-state index in [1.165, 1.54) is 12.3 Å². The normalized spacial score (nSPS) is 9.83. The summed E-state index contributed by atoms with van der Waals surface area (Å²) >= 11 is 6.28. The van der Waals surface area contributed by atoms with Gasteiger partial charge < -0.3 is 0 Å². The van der Waals surface area contributed by atoms with Crippen LogP contribution in [0.5, 0.6) is 0 Å². The zero-order chi connectivity index (χ0) is 9.14. The lowest BCUT2D eigenvalue weighted by atomic mass is 10.3. The largest absolute Gasteiger partial charge is 0.286 e. The van der Waals surface area contributed by atoms with Crippen LogP contribution in [0.4, 0.5) is 5.69 Å². The molecule has 64 valence electrons. The van der Waals surface area contributed by atoms with Gasteiger partial charge in [-0.05, 0) is 15.9 Å². The number of nitrogens with zero attached hydrogens (tertiary/aromatic N) is 2. The van der Waals surface area contributed by atoms with Crippen LogP contribution in [0.3, 0.4) is 0 Å². The Morgan fingerprint density at radius 3 is 2.83 bits per heavy atom. The van der Waals surface area contributed by atoms with Gasteiger partial charge in [0.2, 0.25) is 0 Å². The van der Waals surface area contributed by atoms with Crippen LogP contribution in [0.1, 0.15) is 5.69 Å². The minimum Gasteiger partial charge on any atom is -0.259 e. The van der Waals surface area contributed by atoms with Gasteiger partial charge in [-0.3, -0.25) is 15.1 Å². The van der Waals surface area contributed by atoms with E-state index in [9.17, 15) is 10.1 Å². The first-order valence-corrected chi connectivity index (χ1v) is 4.92. The molecule has 0 saturated heterocycles. The number of pyridine rings is 1. The van der Waals surface area contributed by atoms with E-state index in [-0.39, 0.29) is 5.69 Å². The van der Waals surface area contributed by atoms with Gasteiger partial charge in [-0.15, -0.1) is 0 Å². The van der Waals surface area contributed by atoms with Crippen LogP contribution < -0.4 is 0 Å². The topological polar surface area (TPSA) is 56.0 Å². The highest BCUT2D eigenvalue weighted by atomic mass is 79.9. The van der Waals surface area contributed by atoms with Gasteiger partial charge in [-0.25, -0.2) is 0 Å². The van der Waals surface area contributed by atoms with Gasteiger partial charge in [0.1, 0.15) is 4.47 Å². The maximum absolute atomic E-state index is 10.4. The number of alkyl halides is 1. The van der Waals surface area contributed by atoms with Gasteiger partial charge in [0.05, 0.1) is 10.6 Å². The summed E-state index contributed by atoms with van der Waals surface area (Å²) in [5.41, 5.74) is 0.670. The van der Waals surface area contributed by atoms with Gasteiger partial charge in [-0.1, -0.05) is 15.9 Å². The fourth-order valence-electron chi connectivity index (χ4n) is 0.710. The number of hydrogen-bond acceptors (Lipinski definition) is 3. The van der Waals surface area contributed by atoms with Crippen molar-refractivity contribution in [2.24, 2.45) is 0 Å². The lowest BCUT2D eigenvalue weighted by molar-refractivity contribution is -0.385. The van der Waals surface area contributed by atoms with Crippen LogP contribution in [0.2, 0.25) is 0 Å². The molecular weight excluding hydrogens is 292 g/mol. The third-order valence-corrected chi connectivity index (χ3v) is 2.66. The number of rotatable bonds is 2. The minimum absolute atomic E-state index is 0.0412. The first kappa shape index (κ1) is 9.60. The van der Waals surface area contributed by atoms with E-state index < -0.39 is 4.92 Å². The van der Waals surface area contributed by atoms with Gasteiger partial charge in [-0.2, -0.15) is 0 Å². The molecule has 1 heterocycles. The van der Waals surface area contributed by atoms with Crippen molar-refractivity contribution >= 4 is 37.5 Å². The molecule has 4 nitrogen and oxygen atoms in total. The fourth-order valence-corrected chi connectivity index (χ4v) is 2.03. The molecule has 0 unspecified atom stereocenters. The molecule has 1 aromatic heterocycles. The van der Waals surface area contributed by atoms with Gasteiger partial charge >= 0.3 is 0 Å². The molecule has 0 radical (unpaired) electrons. The number of hydrogen-bond donors (Lipinski definition) is 0. The molecule has 0 fully saturated rings. The predicted molar refractivity (Wildman–Crippen MR) is 51.2 cm³/mol. The van der Waals surface area contributed by atoms with Crippen LogP contribution in [0, 0.1) is 10.1 Å². The van der Waals surface area contributed by atoms with E-state index in [0.717, 1.165) is 0 Å². The van der Waals surface area contributed by atoms with E-state index in [1.807, 2.05) is 0 Å². The molecule has 0 saturated carbocycles.